The molecule has 0 saturated carbocycles. The Morgan fingerprint density at radius 2 is 1.82 bits per heavy atom. The maximum Gasteiger partial charge on any atom is 0.270 e. The van der Waals surface area contributed by atoms with Gasteiger partial charge in [0.2, 0.25) is 5.88 Å². The molecule has 0 aliphatic carbocycles. The summed E-state index contributed by atoms with van der Waals surface area (Å²) in [4.78, 5) is 40.9. The van der Waals surface area contributed by atoms with E-state index in [0.29, 0.717) is 35.1 Å². The van der Waals surface area contributed by atoms with E-state index in [4.69, 9.17) is 4.74 Å². The first-order valence-corrected chi connectivity index (χ1v) is 14.5. The van der Waals surface area contributed by atoms with Crippen molar-refractivity contribution in [1.29, 1.82) is 0 Å². The molecule has 224 valence electrons. The van der Waals surface area contributed by atoms with E-state index in [9.17, 15) is 14.0 Å². The second-order valence-corrected chi connectivity index (χ2v) is 11.0. The first kappa shape index (κ1) is 29.0. The van der Waals surface area contributed by atoms with E-state index < -0.39 is 5.82 Å². The van der Waals surface area contributed by atoms with Gasteiger partial charge in [-0.05, 0) is 73.7 Å². The number of piperazine rings is 1. The molecule has 0 radical (unpaired) electrons. The van der Waals surface area contributed by atoms with Crippen LogP contribution in [0.3, 0.4) is 0 Å². The minimum atomic E-state index is -0.398. The highest BCUT2D eigenvalue weighted by Gasteiger charge is 2.30. The summed E-state index contributed by atoms with van der Waals surface area (Å²) in [6.45, 7) is 5.08. The van der Waals surface area contributed by atoms with Gasteiger partial charge in [-0.15, -0.1) is 0 Å². The van der Waals surface area contributed by atoms with E-state index in [2.05, 4.69) is 21.8 Å². The van der Waals surface area contributed by atoms with Gasteiger partial charge in [-0.25, -0.2) is 9.37 Å². The fourth-order valence-corrected chi connectivity index (χ4v) is 5.60. The number of fused-ring (bicyclic) bond motifs is 1. The molecule has 1 fully saturated rings. The lowest BCUT2D eigenvalue weighted by atomic mass is 10.1. The van der Waals surface area contributed by atoms with E-state index in [-0.39, 0.29) is 17.9 Å². The summed E-state index contributed by atoms with van der Waals surface area (Å²) in [5.74, 6) is 0.272. The second-order valence-electron chi connectivity index (χ2n) is 11.0. The number of hydrogen-bond acceptors (Lipinski definition) is 6. The van der Waals surface area contributed by atoms with E-state index in [0.717, 1.165) is 36.2 Å². The summed E-state index contributed by atoms with van der Waals surface area (Å²) < 4.78 is 21.2. The average molecular weight is 593 g/mol. The lowest BCUT2D eigenvalue weighted by Crippen LogP contribution is -2.53. The molecule has 0 unspecified atom stereocenters. The molecule has 5 aromatic rings. The van der Waals surface area contributed by atoms with Crippen molar-refractivity contribution in [3.8, 4) is 11.6 Å². The molecular weight excluding hydrogens is 559 g/mol. The van der Waals surface area contributed by atoms with Crippen LogP contribution in [0.4, 0.5) is 10.1 Å². The number of benzene rings is 2. The number of pyridine rings is 2. The van der Waals surface area contributed by atoms with Gasteiger partial charge < -0.3 is 19.1 Å². The number of amides is 2. The molecule has 10 heteroatoms. The molecule has 0 bridgehead atoms. The maximum absolute atomic E-state index is 13.7. The molecule has 2 amide bonds. The molecule has 3 aromatic heterocycles. The van der Waals surface area contributed by atoms with Gasteiger partial charge in [-0.2, -0.15) is 0 Å². The van der Waals surface area contributed by atoms with Crippen LogP contribution in [0.1, 0.15) is 33.5 Å². The molecule has 0 N–H and O–H groups in total. The van der Waals surface area contributed by atoms with Crippen molar-refractivity contribution in [3.05, 3.63) is 114 Å². The molecular formula is C34H33FN6O3. The first-order chi connectivity index (χ1) is 21.3. The highest BCUT2D eigenvalue weighted by atomic mass is 19.1. The Labute approximate surface area is 255 Å². The number of carbonyl (C=O) groups is 2. The normalized spacial score (nSPS) is 15.4. The predicted octanol–water partition coefficient (Wildman–Crippen LogP) is 5.52. The maximum atomic E-state index is 13.7. The number of aryl methyl sites for hydroxylation is 1. The standard InChI is InChI=1S/C34H33FN6O3/c1-23-21-40(22-27-6-4-5-15-36-27)16-17-41(23)34(43)31-19-25-18-29(12-13-30(25)39(31)3)44-32-14-11-28(20-37-32)38(2)33(42)24-7-9-26(35)10-8-24/h4-15,18-20,23H,16-17,21-22H2,1-3H3/t23-/m0/s1. The monoisotopic (exact) mass is 592 g/mol. The van der Waals surface area contributed by atoms with Crippen LogP contribution < -0.4 is 9.64 Å². The first-order valence-electron chi connectivity index (χ1n) is 14.5. The van der Waals surface area contributed by atoms with Gasteiger partial charge in [0.1, 0.15) is 17.3 Å². The number of anilines is 1. The lowest BCUT2D eigenvalue weighted by molar-refractivity contribution is 0.0465. The third kappa shape index (κ3) is 6.02. The number of nitrogens with zero attached hydrogens (tertiary/aromatic N) is 6. The van der Waals surface area contributed by atoms with Gasteiger partial charge in [-0.3, -0.25) is 19.5 Å². The predicted molar refractivity (Wildman–Crippen MR) is 166 cm³/mol. The molecule has 2 aromatic carbocycles. The zero-order valence-corrected chi connectivity index (χ0v) is 24.9. The van der Waals surface area contributed by atoms with E-state index in [1.165, 1.54) is 29.2 Å². The molecule has 1 aliphatic heterocycles. The fraction of sp³-hybridized carbons (Fsp3) is 0.235. The van der Waals surface area contributed by atoms with Crippen LogP contribution >= 0.6 is 0 Å². The van der Waals surface area contributed by atoms with Crippen molar-refractivity contribution >= 4 is 28.4 Å². The minimum Gasteiger partial charge on any atom is -0.439 e. The molecule has 1 atom stereocenters. The topological polar surface area (TPSA) is 83.8 Å². The molecule has 1 aliphatic rings. The van der Waals surface area contributed by atoms with Crippen LogP contribution in [0, 0.1) is 5.82 Å². The summed E-state index contributed by atoms with van der Waals surface area (Å²) in [6, 6.07) is 22.4. The summed E-state index contributed by atoms with van der Waals surface area (Å²) in [5, 5.41) is 0.885. The van der Waals surface area contributed by atoms with Crippen LogP contribution in [0.15, 0.2) is 91.3 Å². The van der Waals surface area contributed by atoms with E-state index in [1.54, 1.807) is 25.4 Å². The Bertz CT molecular complexity index is 1790. The number of hydrogen-bond donors (Lipinski definition) is 0. The number of carbonyl (C=O) groups excluding carboxylic acids is 2. The summed E-state index contributed by atoms with van der Waals surface area (Å²) in [5.41, 5.74) is 3.52. The van der Waals surface area contributed by atoms with Crippen molar-refractivity contribution in [1.82, 2.24) is 24.3 Å². The SMILES string of the molecule is C[C@H]1CN(Cc2ccccn2)CCN1C(=O)c1cc2cc(Oc3ccc(N(C)C(=O)c4ccc(F)cc4)cn3)ccc2n1C. The zero-order valence-electron chi connectivity index (χ0n) is 24.9. The number of halogens is 1. The second kappa shape index (κ2) is 12.3. The van der Waals surface area contributed by atoms with Crippen molar-refractivity contribution in [3.63, 3.8) is 0 Å². The lowest BCUT2D eigenvalue weighted by Gasteiger charge is -2.39. The van der Waals surface area contributed by atoms with Crippen LogP contribution in [0.5, 0.6) is 11.6 Å². The van der Waals surface area contributed by atoms with Crippen molar-refractivity contribution in [2.45, 2.75) is 19.5 Å². The van der Waals surface area contributed by atoms with Crippen LogP contribution in [-0.4, -0.2) is 68.9 Å². The van der Waals surface area contributed by atoms with Gasteiger partial charge in [0.05, 0.1) is 17.6 Å². The molecule has 1 saturated heterocycles. The van der Waals surface area contributed by atoms with Crippen molar-refractivity contribution < 1.29 is 18.7 Å². The molecule has 9 nitrogen and oxygen atoms in total. The van der Waals surface area contributed by atoms with E-state index >= 15 is 0 Å². The quantitative estimate of drug-likeness (QED) is 0.247. The van der Waals surface area contributed by atoms with E-state index in [1.807, 2.05) is 65.2 Å². The van der Waals surface area contributed by atoms with Crippen LogP contribution in [-0.2, 0) is 13.6 Å². The van der Waals surface area contributed by atoms with Crippen LogP contribution in [0.2, 0.25) is 0 Å². The number of aromatic nitrogens is 3. The largest absolute Gasteiger partial charge is 0.439 e. The smallest absolute Gasteiger partial charge is 0.270 e. The zero-order chi connectivity index (χ0) is 30.8. The third-order valence-corrected chi connectivity index (χ3v) is 8.04. The highest BCUT2D eigenvalue weighted by molar-refractivity contribution is 6.05. The Kier molecular flexibility index (Phi) is 8.08. The molecule has 6 rings (SSSR count). The Morgan fingerprint density at radius 3 is 2.52 bits per heavy atom. The average Bonchev–Trinajstić information content (AvgIpc) is 3.36. The Morgan fingerprint density at radius 1 is 1.00 bits per heavy atom. The van der Waals surface area contributed by atoms with Gasteiger partial charge in [0.25, 0.3) is 11.8 Å². The van der Waals surface area contributed by atoms with Gasteiger partial charge in [-0.1, -0.05) is 6.07 Å². The third-order valence-electron chi connectivity index (χ3n) is 8.04. The van der Waals surface area contributed by atoms with Gasteiger partial charge in [0, 0.05) is 75.0 Å². The van der Waals surface area contributed by atoms with Crippen molar-refractivity contribution in [2.75, 3.05) is 31.6 Å². The summed E-state index contributed by atoms with van der Waals surface area (Å²) in [7, 11) is 3.54. The molecule has 4 heterocycles. The number of rotatable bonds is 7. The molecule has 44 heavy (non-hydrogen) atoms. The van der Waals surface area contributed by atoms with Gasteiger partial charge in [0.15, 0.2) is 0 Å². The summed E-state index contributed by atoms with van der Waals surface area (Å²) in [6.07, 6.45) is 3.36. The highest BCUT2D eigenvalue weighted by Crippen LogP contribution is 2.29. The minimum absolute atomic E-state index is 0.00714. The molecule has 0 spiro atoms. The van der Waals surface area contributed by atoms with Gasteiger partial charge >= 0.3 is 0 Å². The Balaban J connectivity index is 1.12. The van der Waals surface area contributed by atoms with Crippen molar-refractivity contribution in [2.24, 2.45) is 7.05 Å². The van der Waals surface area contributed by atoms with Crippen LogP contribution in [0.25, 0.3) is 10.9 Å². The fourth-order valence-electron chi connectivity index (χ4n) is 5.60. The Hall–Kier alpha value is -5.09. The number of ether oxygens (including phenoxy) is 1. The summed E-state index contributed by atoms with van der Waals surface area (Å²) >= 11 is 0.